The molecule has 1 heterocycles. The Balaban J connectivity index is 1.43. The largest absolute Gasteiger partial charge is 0.396 e. The first-order chi connectivity index (χ1) is 19.3. The summed E-state index contributed by atoms with van der Waals surface area (Å²) in [5, 5.41) is 28.4. The first-order valence-electron chi connectivity index (χ1n) is 15.3. The summed E-state index contributed by atoms with van der Waals surface area (Å²) in [5.41, 5.74) is 1.65. The van der Waals surface area contributed by atoms with Gasteiger partial charge in [-0.2, -0.15) is 0 Å². The highest BCUT2D eigenvalue weighted by molar-refractivity contribution is 7.15. The Morgan fingerprint density at radius 1 is 1.07 bits per heavy atom. The molecule has 4 N–H and O–H groups in total. The maximum absolute atomic E-state index is 13.5. The molecule has 0 unspecified atom stereocenters. The van der Waals surface area contributed by atoms with Gasteiger partial charge in [0.25, 0.3) is 5.91 Å². The Hall–Kier alpha value is -2.29. The van der Waals surface area contributed by atoms with E-state index in [1.54, 1.807) is 0 Å². The molecule has 5 rings (SSSR count). The number of hydrogen-bond donors (Lipinski definition) is 4. The molecule has 2 aromatic rings. The van der Waals surface area contributed by atoms with Crippen LogP contribution in [-0.4, -0.2) is 45.8 Å². The van der Waals surface area contributed by atoms with Gasteiger partial charge >= 0.3 is 0 Å². The van der Waals surface area contributed by atoms with Crippen LogP contribution in [0, 0.1) is 16.7 Å². The fourth-order valence-electron chi connectivity index (χ4n) is 7.71. The quantitative estimate of drug-likeness (QED) is 0.337. The van der Waals surface area contributed by atoms with Crippen LogP contribution in [0.2, 0.25) is 0 Å². The fraction of sp³-hybridized carbons (Fsp3) is 0.667. The van der Waals surface area contributed by atoms with Crippen molar-refractivity contribution in [2.75, 3.05) is 11.9 Å². The van der Waals surface area contributed by atoms with Crippen molar-refractivity contribution in [3.63, 3.8) is 0 Å². The summed E-state index contributed by atoms with van der Waals surface area (Å²) in [6.07, 6.45) is 7.31. The summed E-state index contributed by atoms with van der Waals surface area (Å²) < 4.78 is 0. The van der Waals surface area contributed by atoms with Crippen molar-refractivity contribution in [3.8, 4) is 0 Å². The molecule has 8 heteroatoms. The Labute approximate surface area is 248 Å². The maximum atomic E-state index is 13.5. The first-order valence-corrected chi connectivity index (χ1v) is 16.2. The van der Waals surface area contributed by atoms with Crippen LogP contribution in [0.3, 0.4) is 0 Å². The number of amides is 2. The van der Waals surface area contributed by atoms with Gasteiger partial charge in [-0.25, -0.2) is 4.98 Å². The van der Waals surface area contributed by atoms with Crippen molar-refractivity contribution in [2.24, 2.45) is 16.7 Å². The number of aromatic nitrogens is 1. The van der Waals surface area contributed by atoms with Crippen LogP contribution in [0.5, 0.6) is 0 Å². The lowest BCUT2D eigenvalue weighted by Crippen LogP contribution is -2.57. The van der Waals surface area contributed by atoms with Gasteiger partial charge in [-0.05, 0) is 66.5 Å². The summed E-state index contributed by atoms with van der Waals surface area (Å²) in [6, 6.07) is 7.93. The minimum Gasteiger partial charge on any atom is -0.396 e. The van der Waals surface area contributed by atoms with Crippen molar-refractivity contribution in [2.45, 2.75) is 116 Å². The molecule has 7 nitrogen and oxygen atoms in total. The maximum Gasteiger partial charge on any atom is 0.257 e. The number of benzene rings is 1. The van der Waals surface area contributed by atoms with E-state index in [0.29, 0.717) is 30.0 Å². The minimum absolute atomic E-state index is 0.00515. The number of hydrogen-bond acceptors (Lipinski definition) is 6. The second-order valence-electron chi connectivity index (χ2n) is 14.2. The first kappa shape index (κ1) is 30.2. The van der Waals surface area contributed by atoms with Gasteiger partial charge < -0.3 is 15.5 Å². The van der Waals surface area contributed by atoms with Crippen LogP contribution in [0.1, 0.15) is 118 Å². The van der Waals surface area contributed by atoms with Crippen LogP contribution < -0.4 is 10.6 Å². The third kappa shape index (κ3) is 5.84. The average Bonchev–Trinajstić information content (AvgIpc) is 3.34. The molecule has 2 fully saturated rings. The van der Waals surface area contributed by atoms with Gasteiger partial charge in [-0.3, -0.25) is 14.9 Å². The third-order valence-electron chi connectivity index (χ3n) is 10.5. The highest BCUT2D eigenvalue weighted by atomic mass is 32.1. The van der Waals surface area contributed by atoms with Crippen molar-refractivity contribution in [3.05, 3.63) is 46.0 Å². The standard InChI is InChI=1S/C33H47N3O4S/c1-31(2,3)21-13-11-20(12-14-21)29(40)36-30-35-28-23(17-27(39)34-22-9-7-6-8-10-22)32(4)16-15-26(38)33(5,19-37)25(32)18-24(28)41-30/h11-14,22-23,25-26,37-38H,6-10,15-19H2,1-5H3,(H,34,39)(H,35,36,40)/t23-,25+,26-,32+,33+/m1/s1. The highest BCUT2D eigenvalue weighted by Gasteiger charge is 2.59. The van der Waals surface area contributed by atoms with Gasteiger partial charge in [0, 0.05) is 34.2 Å². The van der Waals surface area contributed by atoms with E-state index in [-0.39, 0.29) is 47.1 Å². The predicted octanol–water partition coefficient (Wildman–Crippen LogP) is 5.95. The molecule has 5 atom stereocenters. The van der Waals surface area contributed by atoms with E-state index in [2.05, 4.69) is 38.3 Å². The molecule has 0 aliphatic heterocycles. The van der Waals surface area contributed by atoms with Gasteiger partial charge in [-0.1, -0.05) is 66.0 Å². The number of nitrogens with zero attached hydrogens (tertiary/aromatic N) is 1. The number of carbonyl (C=O) groups is 2. The minimum atomic E-state index is -0.676. The zero-order chi connectivity index (χ0) is 29.6. The van der Waals surface area contributed by atoms with Gasteiger partial charge in [-0.15, -0.1) is 11.3 Å². The van der Waals surface area contributed by atoms with Crippen LogP contribution in [0.25, 0.3) is 0 Å². The summed E-state index contributed by atoms with van der Waals surface area (Å²) in [4.78, 5) is 32.7. The Morgan fingerprint density at radius 3 is 2.39 bits per heavy atom. The van der Waals surface area contributed by atoms with Crippen molar-refractivity contribution < 1.29 is 19.8 Å². The molecule has 0 bridgehead atoms. The number of aliphatic hydroxyl groups is 2. The molecule has 2 amide bonds. The molecule has 224 valence electrons. The van der Waals surface area contributed by atoms with Crippen LogP contribution in [0.4, 0.5) is 5.13 Å². The normalized spacial score (nSPS) is 30.3. The second kappa shape index (κ2) is 11.4. The smallest absolute Gasteiger partial charge is 0.257 e. The predicted molar refractivity (Wildman–Crippen MR) is 163 cm³/mol. The molecule has 3 aliphatic carbocycles. The average molecular weight is 582 g/mol. The van der Waals surface area contributed by atoms with E-state index in [0.717, 1.165) is 48.2 Å². The second-order valence-corrected chi connectivity index (χ2v) is 15.3. The third-order valence-corrected chi connectivity index (χ3v) is 11.5. The number of carbonyl (C=O) groups excluding carboxylic acids is 2. The van der Waals surface area contributed by atoms with Gasteiger partial charge in [0.15, 0.2) is 5.13 Å². The molecule has 1 aromatic heterocycles. The van der Waals surface area contributed by atoms with Crippen molar-refractivity contribution in [1.29, 1.82) is 0 Å². The number of rotatable bonds is 6. The summed E-state index contributed by atoms with van der Waals surface area (Å²) in [5.74, 6) is -0.338. The van der Waals surface area contributed by atoms with E-state index < -0.39 is 11.5 Å². The number of nitrogens with one attached hydrogen (secondary N) is 2. The lowest BCUT2D eigenvalue weighted by molar-refractivity contribution is -0.144. The summed E-state index contributed by atoms with van der Waals surface area (Å²) >= 11 is 1.46. The molecule has 1 aromatic carbocycles. The van der Waals surface area contributed by atoms with Gasteiger partial charge in [0.2, 0.25) is 5.91 Å². The molecular formula is C33H47N3O4S. The molecule has 3 aliphatic rings. The lowest BCUT2D eigenvalue weighted by Gasteiger charge is -2.58. The monoisotopic (exact) mass is 581 g/mol. The van der Waals surface area contributed by atoms with Crippen LogP contribution >= 0.6 is 11.3 Å². The Bertz CT molecular complexity index is 1260. The van der Waals surface area contributed by atoms with E-state index in [1.807, 2.05) is 31.2 Å². The van der Waals surface area contributed by atoms with E-state index in [1.165, 1.54) is 17.8 Å². The van der Waals surface area contributed by atoms with Crippen molar-refractivity contribution in [1.82, 2.24) is 10.3 Å². The molecule has 0 saturated heterocycles. The van der Waals surface area contributed by atoms with Crippen molar-refractivity contribution >= 4 is 28.3 Å². The molecule has 0 spiro atoms. The number of anilines is 1. The molecular weight excluding hydrogens is 534 g/mol. The zero-order valence-electron chi connectivity index (χ0n) is 25.3. The molecule has 2 saturated carbocycles. The molecule has 41 heavy (non-hydrogen) atoms. The summed E-state index contributed by atoms with van der Waals surface area (Å²) in [6.45, 7) is 10.5. The lowest BCUT2D eigenvalue weighted by atomic mass is 9.47. The summed E-state index contributed by atoms with van der Waals surface area (Å²) in [7, 11) is 0. The highest BCUT2D eigenvalue weighted by Crippen LogP contribution is 2.62. The number of thiazole rings is 1. The number of fused-ring (bicyclic) bond motifs is 2. The van der Waals surface area contributed by atoms with Crippen LogP contribution in [-0.2, 0) is 16.6 Å². The van der Waals surface area contributed by atoms with E-state index in [4.69, 9.17) is 4.98 Å². The van der Waals surface area contributed by atoms with Crippen LogP contribution in [0.15, 0.2) is 24.3 Å². The van der Waals surface area contributed by atoms with E-state index in [9.17, 15) is 19.8 Å². The Kier molecular flexibility index (Phi) is 8.40. The van der Waals surface area contributed by atoms with Gasteiger partial charge in [0.1, 0.15) is 0 Å². The number of aliphatic hydroxyl groups excluding tert-OH is 2. The van der Waals surface area contributed by atoms with E-state index >= 15 is 0 Å². The fourth-order valence-corrected chi connectivity index (χ4v) is 8.77. The Morgan fingerprint density at radius 2 is 1.76 bits per heavy atom. The zero-order valence-corrected chi connectivity index (χ0v) is 26.1. The molecule has 0 radical (unpaired) electrons. The van der Waals surface area contributed by atoms with Gasteiger partial charge in [0.05, 0.1) is 18.4 Å². The topological polar surface area (TPSA) is 112 Å². The SMILES string of the molecule is CC(C)(C)c1ccc(C(=O)Nc2nc3c(s2)C[C@@H]2[C@](C)(CO)[C@H](O)CC[C@@]2(C)[C@@H]3CC(=O)NC2CCCCC2)cc1.